The predicted molar refractivity (Wildman–Crippen MR) is 78.3 cm³/mol. The van der Waals surface area contributed by atoms with Gasteiger partial charge < -0.3 is 0 Å². The van der Waals surface area contributed by atoms with Crippen molar-refractivity contribution in [1.29, 1.82) is 0 Å². The Morgan fingerprint density at radius 1 is 1.10 bits per heavy atom. The molecule has 1 unspecified atom stereocenters. The minimum atomic E-state index is -3.82. The van der Waals surface area contributed by atoms with Crippen LogP contribution in [-0.2, 0) is 10.0 Å². The zero-order valence-corrected chi connectivity index (χ0v) is 12.1. The Hall–Kier alpha value is -2.25. The van der Waals surface area contributed by atoms with Gasteiger partial charge in [-0.25, -0.2) is 13.1 Å². The normalized spacial score (nSPS) is 12.8. The van der Waals surface area contributed by atoms with Gasteiger partial charge in [-0.3, -0.25) is 10.1 Å². The van der Waals surface area contributed by atoms with Crippen LogP contribution in [0.5, 0.6) is 0 Å². The topological polar surface area (TPSA) is 89.3 Å². The van der Waals surface area contributed by atoms with Gasteiger partial charge in [0, 0.05) is 18.2 Å². The lowest BCUT2D eigenvalue weighted by atomic mass is 10.1. The third kappa shape index (κ3) is 3.65. The van der Waals surface area contributed by atoms with Crippen LogP contribution >= 0.6 is 0 Å². The molecule has 0 saturated carbocycles. The molecule has 21 heavy (non-hydrogen) atoms. The lowest BCUT2D eigenvalue weighted by molar-refractivity contribution is -0.385. The van der Waals surface area contributed by atoms with Gasteiger partial charge in [0.25, 0.3) is 5.69 Å². The van der Waals surface area contributed by atoms with Gasteiger partial charge >= 0.3 is 0 Å². The standard InChI is InChI=1S/C14H14N2O4S/c1-11(12-6-3-2-4-7-12)15-21(19,20)14-9-5-8-13(10-14)16(17)18/h2-11,15H,1H3. The molecular weight excluding hydrogens is 292 g/mol. The van der Waals surface area contributed by atoms with Crippen LogP contribution in [-0.4, -0.2) is 13.3 Å². The summed E-state index contributed by atoms with van der Waals surface area (Å²) < 4.78 is 27.0. The summed E-state index contributed by atoms with van der Waals surface area (Å²) in [6.45, 7) is 1.71. The smallest absolute Gasteiger partial charge is 0.258 e. The molecule has 1 N–H and O–H groups in total. The summed E-state index contributed by atoms with van der Waals surface area (Å²) in [6, 6.07) is 13.6. The third-order valence-electron chi connectivity index (χ3n) is 2.97. The van der Waals surface area contributed by atoms with Crippen LogP contribution in [0, 0.1) is 10.1 Å². The van der Waals surface area contributed by atoms with E-state index in [1.807, 2.05) is 18.2 Å². The van der Waals surface area contributed by atoms with E-state index in [0.717, 1.165) is 11.6 Å². The van der Waals surface area contributed by atoms with Crippen molar-refractivity contribution in [2.75, 3.05) is 0 Å². The van der Waals surface area contributed by atoms with Gasteiger partial charge in [-0.05, 0) is 18.6 Å². The molecule has 0 amide bonds. The number of hydrogen-bond acceptors (Lipinski definition) is 4. The summed E-state index contributed by atoms with van der Waals surface area (Å²) in [5.41, 5.74) is 0.553. The summed E-state index contributed by atoms with van der Waals surface area (Å²) in [5.74, 6) is 0. The number of nitrogens with one attached hydrogen (secondary N) is 1. The maximum Gasteiger partial charge on any atom is 0.270 e. The first-order valence-electron chi connectivity index (χ1n) is 6.22. The van der Waals surface area contributed by atoms with E-state index in [-0.39, 0.29) is 10.6 Å². The number of benzene rings is 2. The van der Waals surface area contributed by atoms with Gasteiger partial charge in [0.2, 0.25) is 10.0 Å². The van der Waals surface area contributed by atoms with E-state index in [1.165, 1.54) is 18.2 Å². The maximum atomic E-state index is 12.3. The summed E-state index contributed by atoms with van der Waals surface area (Å²) >= 11 is 0. The van der Waals surface area contributed by atoms with Gasteiger partial charge in [0.1, 0.15) is 0 Å². The molecule has 7 heteroatoms. The Morgan fingerprint density at radius 2 is 1.76 bits per heavy atom. The Bertz CT molecular complexity index is 745. The molecular formula is C14H14N2O4S. The predicted octanol–water partition coefficient (Wildman–Crippen LogP) is 2.63. The molecule has 0 aliphatic heterocycles. The molecule has 0 bridgehead atoms. The third-order valence-corrected chi connectivity index (χ3v) is 4.51. The second-order valence-corrected chi connectivity index (χ2v) is 6.22. The van der Waals surface area contributed by atoms with E-state index >= 15 is 0 Å². The molecule has 0 spiro atoms. The van der Waals surface area contributed by atoms with Crippen LogP contribution in [0.3, 0.4) is 0 Å². The van der Waals surface area contributed by atoms with Crippen LogP contribution in [0.1, 0.15) is 18.5 Å². The van der Waals surface area contributed by atoms with Gasteiger partial charge in [0.05, 0.1) is 9.82 Å². The summed E-state index contributed by atoms with van der Waals surface area (Å²) in [4.78, 5) is 9.96. The number of rotatable bonds is 5. The molecule has 2 aromatic rings. The molecule has 0 fully saturated rings. The van der Waals surface area contributed by atoms with Gasteiger partial charge in [-0.1, -0.05) is 36.4 Å². The highest BCUT2D eigenvalue weighted by atomic mass is 32.2. The number of nitro groups is 1. The fraction of sp³-hybridized carbons (Fsp3) is 0.143. The average molecular weight is 306 g/mol. The van der Waals surface area contributed by atoms with Gasteiger partial charge in [-0.2, -0.15) is 0 Å². The minimum Gasteiger partial charge on any atom is -0.258 e. The molecule has 0 radical (unpaired) electrons. The first-order valence-corrected chi connectivity index (χ1v) is 7.70. The lowest BCUT2D eigenvalue weighted by Gasteiger charge is -2.14. The van der Waals surface area contributed by atoms with E-state index in [4.69, 9.17) is 0 Å². The molecule has 110 valence electrons. The Labute approximate surface area is 122 Å². The van der Waals surface area contributed by atoms with E-state index in [0.29, 0.717) is 0 Å². The van der Waals surface area contributed by atoms with Crippen molar-refractivity contribution in [3.8, 4) is 0 Å². The van der Waals surface area contributed by atoms with Gasteiger partial charge in [-0.15, -0.1) is 0 Å². The number of hydrogen-bond donors (Lipinski definition) is 1. The van der Waals surface area contributed by atoms with Crippen LogP contribution in [0.25, 0.3) is 0 Å². The molecule has 0 aromatic heterocycles. The summed E-state index contributed by atoms with van der Waals surface area (Å²) in [6.07, 6.45) is 0. The molecule has 2 rings (SSSR count). The molecule has 0 aliphatic rings. The van der Waals surface area contributed by atoms with Crippen molar-refractivity contribution in [2.24, 2.45) is 0 Å². The number of nitrogens with zero attached hydrogens (tertiary/aromatic N) is 1. The van der Waals surface area contributed by atoms with E-state index < -0.39 is 21.0 Å². The van der Waals surface area contributed by atoms with Crippen molar-refractivity contribution >= 4 is 15.7 Å². The molecule has 1 atom stereocenters. The van der Waals surface area contributed by atoms with Crippen molar-refractivity contribution in [3.05, 3.63) is 70.3 Å². The second kappa shape index (κ2) is 6.02. The Balaban J connectivity index is 2.26. The van der Waals surface area contributed by atoms with E-state index in [1.54, 1.807) is 19.1 Å². The van der Waals surface area contributed by atoms with Crippen LogP contribution in [0.4, 0.5) is 5.69 Å². The lowest BCUT2D eigenvalue weighted by Crippen LogP contribution is -2.26. The quantitative estimate of drug-likeness (QED) is 0.679. The first kappa shape index (κ1) is 15.1. The van der Waals surface area contributed by atoms with Crippen LogP contribution in [0.2, 0.25) is 0 Å². The Kier molecular flexibility index (Phi) is 4.35. The summed E-state index contributed by atoms with van der Waals surface area (Å²) in [7, 11) is -3.82. The van der Waals surface area contributed by atoms with Crippen molar-refractivity contribution in [3.63, 3.8) is 0 Å². The van der Waals surface area contributed by atoms with Crippen molar-refractivity contribution in [1.82, 2.24) is 4.72 Å². The molecule has 0 heterocycles. The van der Waals surface area contributed by atoms with E-state index in [9.17, 15) is 18.5 Å². The maximum absolute atomic E-state index is 12.3. The fourth-order valence-corrected chi connectivity index (χ4v) is 3.15. The van der Waals surface area contributed by atoms with Gasteiger partial charge in [0.15, 0.2) is 0 Å². The second-order valence-electron chi connectivity index (χ2n) is 4.51. The first-order chi connectivity index (χ1) is 9.90. The summed E-state index contributed by atoms with van der Waals surface area (Å²) in [5, 5.41) is 10.7. The van der Waals surface area contributed by atoms with Crippen LogP contribution in [0.15, 0.2) is 59.5 Å². The molecule has 2 aromatic carbocycles. The highest BCUT2D eigenvalue weighted by molar-refractivity contribution is 7.89. The number of nitro benzene ring substituents is 1. The zero-order valence-electron chi connectivity index (χ0n) is 11.3. The highest BCUT2D eigenvalue weighted by Gasteiger charge is 2.20. The Morgan fingerprint density at radius 3 is 2.38 bits per heavy atom. The highest BCUT2D eigenvalue weighted by Crippen LogP contribution is 2.20. The minimum absolute atomic E-state index is 0.125. The molecule has 6 nitrogen and oxygen atoms in total. The van der Waals surface area contributed by atoms with Crippen molar-refractivity contribution in [2.45, 2.75) is 17.9 Å². The number of non-ortho nitro benzene ring substituents is 1. The van der Waals surface area contributed by atoms with Crippen molar-refractivity contribution < 1.29 is 13.3 Å². The SMILES string of the molecule is CC(NS(=O)(=O)c1cccc([N+](=O)[O-])c1)c1ccccc1. The van der Waals surface area contributed by atoms with E-state index in [2.05, 4.69) is 4.72 Å². The monoisotopic (exact) mass is 306 g/mol. The van der Waals surface area contributed by atoms with Crippen LogP contribution < -0.4 is 4.72 Å². The largest absolute Gasteiger partial charge is 0.270 e. The zero-order chi connectivity index (χ0) is 15.5. The number of sulfonamides is 1. The molecule has 0 aliphatic carbocycles. The molecule has 0 saturated heterocycles. The average Bonchev–Trinajstić information content (AvgIpc) is 2.48. The fourth-order valence-electron chi connectivity index (χ4n) is 1.87.